The van der Waals surface area contributed by atoms with Crippen LogP contribution in [0.15, 0.2) is 59.0 Å². The van der Waals surface area contributed by atoms with Crippen molar-refractivity contribution in [3.05, 3.63) is 59.6 Å². The first-order valence-electron chi connectivity index (χ1n) is 7.83. The molecule has 2 heterocycles. The Hall–Kier alpha value is -2.03. The molecule has 0 bridgehead atoms. The second kappa shape index (κ2) is 4.28. The number of para-hydroxylation sites is 1. The Morgan fingerprint density at radius 2 is 1.57 bits per heavy atom. The molecule has 0 amide bonds. The summed E-state index contributed by atoms with van der Waals surface area (Å²) in [7, 11) is -1.72. The van der Waals surface area contributed by atoms with Crippen molar-refractivity contribution < 1.29 is 4.42 Å². The quantitative estimate of drug-likeness (QED) is 0.410. The molecule has 5 rings (SSSR count). The topological polar surface area (TPSA) is 13.1 Å². The molecule has 4 aromatic rings. The van der Waals surface area contributed by atoms with Gasteiger partial charge in [0.05, 0.1) is 0 Å². The minimum absolute atomic E-state index is 0.847. The van der Waals surface area contributed by atoms with Crippen LogP contribution >= 0.6 is 11.6 Å². The van der Waals surface area contributed by atoms with Gasteiger partial charge in [0.1, 0.15) is 19.2 Å². The van der Waals surface area contributed by atoms with Crippen LogP contribution in [0.5, 0.6) is 0 Å². The average Bonchev–Trinajstić information content (AvgIpc) is 3.02. The van der Waals surface area contributed by atoms with Crippen molar-refractivity contribution in [1.29, 1.82) is 0 Å². The number of hydrogen-bond acceptors (Lipinski definition) is 1. The molecular formula is C20H15ClOSi. The third-order valence-corrected chi connectivity index (χ3v) is 9.00. The van der Waals surface area contributed by atoms with Gasteiger partial charge in [0, 0.05) is 21.4 Å². The van der Waals surface area contributed by atoms with Crippen molar-refractivity contribution in [2.45, 2.75) is 13.1 Å². The molecule has 0 unspecified atom stereocenters. The number of fused-ring (bicyclic) bond motifs is 7. The van der Waals surface area contributed by atoms with Crippen molar-refractivity contribution in [2.24, 2.45) is 0 Å². The molecule has 0 atom stereocenters. The number of benzene rings is 3. The van der Waals surface area contributed by atoms with Crippen LogP contribution < -0.4 is 10.4 Å². The van der Waals surface area contributed by atoms with Crippen molar-refractivity contribution in [3.8, 4) is 11.1 Å². The fourth-order valence-electron chi connectivity index (χ4n) is 4.04. The normalized spacial score (nSPS) is 15.1. The third kappa shape index (κ3) is 1.58. The second-order valence-electron chi connectivity index (χ2n) is 6.75. The van der Waals surface area contributed by atoms with Crippen LogP contribution in [0.1, 0.15) is 0 Å². The average molecular weight is 335 g/mol. The van der Waals surface area contributed by atoms with Gasteiger partial charge in [0.15, 0.2) is 0 Å². The van der Waals surface area contributed by atoms with E-state index in [0.29, 0.717) is 0 Å². The van der Waals surface area contributed by atoms with Gasteiger partial charge in [-0.05, 0) is 34.1 Å². The highest BCUT2D eigenvalue weighted by Gasteiger charge is 2.40. The van der Waals surface area contributed by atoms with Crippen molar-refractivity contribution in [1.82, 2.24) is 0 Å². The van der Waals surface area contributed by atoms with Crippen molar-refractivity contribution in [2.75, 3.05) is 0 Å². The molecule has 23 heavy (non-hydrogen) atoms. The summed E-state index contributed by atoms with van der Waals surface area (Å²) < 4.78 is 6.07. The van der Waals surface area contributed by atoms with Crippen LogP contribution in [-0.2, 0) is 0 Å². The van der Waals surface area contributed by atoms with E-state index in [-0.39, 0.29) is 0 Å². The molecule has 1 aromatic heterocycles. The Morgan fingerprint density at radius 3 is 2.43 bits per heavy atom. The van der Waals surface area contributed by atoms with Crippen LogP contribution in [0.2, 0.25) is 18.1 Å². The predicted octanol–water partition coefficient (Wildman–Crippen LogP) is 5.04. The molecule has 3 aromatic carbocycles. The zero-order valence-corrected chi connectivity index (χ0v) is 14.7. The van der Waals surface area contributed by atoms with Gasteiger partial charge in [0.2, 0.25) is 0 Å². The Bertz CT molecular complexity index is 1110. The van der Waals surface area contributed by atoms with Crippen LogP contribution in [-0.4, -0.2) is 8.07 Å². The minimum atomic E-state index is -1.72. The van der Waals surface area contributed by atoms with E-state index < -0.39 is 8.07 Å². The van der Waals surface area contributed by atoms with Crippen LogP contribution in [0, 0.1) is 0 Å². The summed E-state index contributed by atoms with van der Waals surface area (Å²) in [6, 6.07) is 19.0. The van der Waals surface area contributed by atoms with Crippen molar-refractivity contribution in [3.63, 3.8) is 0 Å². The summed E-state index contributed by atoms with van der Waals surface area (Å²) in [5.41, 5.74) is 4.40. The lowest BCUT2D eigenvalue weighted by atomic mass is 9.99. The highest BCUT2D eigenvalue weighted by Crippen LogP contribution is 2.41. The lowest BCUT2D eigenvalue weighted by Gasteiger charge is -2.18. The Kier molecular flexibility index (Phi) is 2.50. The summed E-state index contributed by atoms with van der Waals surface area (Å²) in [5, 5.41) is 6.12. The molecule has 0 saturated heterocycles. The molecule has 0 saturated carbocycles. The van der Waals surface area contributed by atoms with Gasteiger partial charge in [-0.3, -0.25) is 0 Å². The smallest absolute Gasteiger partial charge is 0.136 e. The summed E-state index contributed by atoms with van der Waals surface area (Å²) in [6.45, 7) is 4.81. The van der Waals surface area contributed by atoms with E-state index in [1.165, 1.54) is 32.3 Å². The predicted molar refractivity (Wildman–Crippen MR) is 101 cm³/mol. The lowest BCUT2D eigenvalue weighted by Crippen LogP contribution is -2.49. The number of halogens is 1. The Labute approximate surface area is 140 Å². The zero-order chi connectivity index (χ0) is 15.8. The van der Waals surface area contributed by atoms with Gasteiger partial charge >= 0.3 is 0 Å². The standard InChI is InChI=1S/C20H15ClOSi/c1-23(2)16-9-5-7-13(21)19(16)20-17(23)11-10-15-18(20)12-6-3-4-8-14(12)22-15/h3-11H,1-2H3. The first kappa shape index (κ1) is 13.4. The van der Waals surface area contributed by atoms with E-state index in [9.17, 15) is 0 Å². The molecule has 1 aliphatic heterocycles. The SMILES string of the molecule is C[Si]1(C)c2cccc(Cl)c2-c2c1ccc1oc3ccccc3c21. The van der Waals surface area contributed by atoms with E-state index in [4.69, 9.17) is 16.0 Å². The van der Waals surface area contributed by atoms with E-state index in [0.717, 1.165) is 16.2 Å². The van der Waals surface area contributed by atoms with Gasteiger partial charge in [-0.2, -0.15) is 0 Å². The summed E-state index contributed by atoms with van der Waals surface area (Å²) in [6.07, 6.45) is 0. The number of rotatable bonds is 0. The zero-order valence-electron chi connectivity index (χ0n) is 13.0. The first-order valence-corrected chi connectivity index (χ1v) is 11.2. The van der Waals surface area contributed by atoms with Crippen LogP contribution in [0.4, 0.5) is 0 Å². The molecule has 0 aliphatic carbocycles. The molecule has 0 N–H and O–H groups in total. The molecule has 0 spiro atoms. The first-order chi connectivity index (χ1) is 11.1. The highest BCUT2D eigenvalue weighted by molar-refractivity contribution is 7.04. The van der Waals surface area contributed by atoms with Crippen LogP contribution in [0.3, 0.4) is 0 Å². The maximum Gasteiger partial charge on any atom is 0.136 e. The molecule has 3 heteroatoms. The number of hydrogen-bond donors (Lipinski definition) is 0. The van der Waals surface area contributed by atoms with E-state index in [1.807, 2.05) is 18.2 Å². The monoisotopic (exact) mass is 334 g/mol. The Balaban J connectivity index is 2.07. The highest BCUT2D eigenvalue weighted by atomic mass is 35.5. The summed E-state index contributed by atoms with van der Waals surface area (Å²) >= 11 is 6.63. The molecular weight excluding hydrogens is 320 g/mol. The third-order valence-electron chi connectivity index (χ3n) is 5.15. The summed E-state index contributed by atoms with van der Waals surface area (Å²) in [5.74, 6) is 0. The van der Waals surface area contributed by atoms with Gasteiger partial charge < -0.3 is 4.42 Å². The van der Waals surface area contributed by atoms with Gasteiger partial charge in [-0.25, -0.2) is 0 Å². The number of furan rings is 1. The lowest BCUT2D eigenvalue weighted by molar-refractivity contribution is 0.669. The maximum atomic E-state index is 6.63. The van der Waals surface area contributed by atoms with Gasteiger partial charge in [-0.15, -0.1) is 0 Å². The molecule has 1 nitrogen and oxygen atoms in total. The summed E-state index contributed by atoms with van der Waals surface area (Å²) in [4.78, 5) is 0. The maximum absolute atomic E-state index is 6.63. The largest absolute Gasteiger partial charge is 0.456 e. The Morgan fingerprint density at radius 1 is 0.783 bits per heavy atom. The van der Waals surface area contributed by atoms with E-state index >= 15 is 0 Å². The molecule has 112 valence electrons. The van der Waals surface area contributed by atoms with E-state index in [2.05, 4.69) is 49.5 Å². The minimum Gasteiger partial charge on any atom is -0.456 e. The fraction of sp³-hybridized carbons (Fsp3) is 0.100. The van der Waals surface area contributed by atoms with Gasteiger partial charge in [0.25, 0.3) is 0 Å². The molecule has 1 aliphatic rings. The van der Waals surface area contributed by atoms with Crippen LogP contribution in [0.25, 0.3) is 33.1 Å². The second-order valence-corrected chi connectivity index (χ2v) is 11.5. The molecule has 0 fully saturated rings. The van der Waals surface area contributed by atoms with E-state index in [1.54, 1.807) is 0 Å². The fourth-order valence-corrected chi connectivity index (χ4v) is 7.45. The van der Waals surface area contributed by atoms with Crippen molar-refractivity contribution >= 4 is 52.0 Å². The molecule has 0 radical (unpaired) electrons. The van der Waals surface area contributed by atoms with Gasteiger partial charge in [-0.1, -0.05) is 61.1 Å².